The molecule has 1 saturated carbocycles. The van der Waals surface area contributed by atoms with Crippen LogP contribution in [0.1, 0.15) is 62.3 Å². The van der Waals surface area contributed by atoms with E-state index in [1.54, 1.807) is 4.68 Å². The maximum absolute atomic E-state index is 13.1. The van der Waals surface area contributed by atoms with E-state index in [9.17, 15) is 9.59 Å². The predicted molar refractivity (Wildman–Crippen MR) is 167 cm³/mol. The minimum absolute atomic E-state index is 0.116. The third-order valence-electron chi connectivity index (χ3n) is 9.15. The van der Waals surface area contributed by atoms with Gasteiger partial charge >= 0.3 is 0 Å². The Morgan fingerprint density at radius 1 is 0.767 bits per heavy atom. The van der Waals surface area contributed by atoms with Gasteiger partial charge in [0.25, 0.3) is 0 Å². The highest BCUT2D eigenvalue weighted by atomic mass is 32.2. The zero-order valence-corrected chi connectivity index (χ0v) is 26.2. The van der Waals surface area contributed by atoms with Crippen LogP contribution in [0, 0.1) is 18.8 Å². The molecule has 4 N–H and O–H groups in total. The molecule has 2 amide bonds. The van der Waals surface area contributed by atoms with E-state index in [4.69, 9.17) is 11.7 Å². The summed E-state index contributed by atoms with van der Waals surface area (Å²) in [6, 6.07) is 7.96. The van der Waals surface area contributed by atoms with Gasteiger partial charge in [-0.1, -0.05) is 53.4 Å². The number of aromatic nitrogens is 6. The monoisotopic (exact) mass is 624 g/mol. The Kier molecular flexibility index (Phi) is 9.12. The second-order valence-corrected chi connectivity index (χ2v) is 13.8. The summed E-state index contributed by atoms with van der Waals surface area (Å²) in [4.78, 5) is 29.4. The molecule has 3 fully saturated rings. The zero-order valence-electron chi connectivity index (χ0n) is 24.6. The Hall–Kier alpha value is -3.26. The van der Waals surface area contributed by atoms with Crippen LogP contribution in [-0.4, -0.2) is 89.0 Å². The number of hydrogen-bond donors (Lipinski definition) is 2. The van der Waals surface area contributed by atoms with Crippen LogP contribution in [0.5, 0.6) is 0 Å². The molecule has 14 heteroatoms. The summed E-state index contributed by atoms with van der Waals surface area (Å²) < 4.78 is 3.05. The standard InChI is InChI=1S/C29H40N10O2S2/c1-19-4-6-21(7-5-19)26-32-35-29(38(26)30)43-18-25(41)37-15-12-23(16-37)20-8-10-22(11-9-20)27-33-34-28(39(27)31)42-17-24(40)36-13-2-3-14-36/h4-7,20,22-23H,2-3,8-18,30-31H2,1H3. The largest absolute Gasteiger partial charge is 0.342 e. The van der Waals surface area contributed by atoms with Gasteiger partial charge in [-0.3, -0.25) is 9.59 Å². The van der Waals surface area contributed by atoms with Crippen LogP contribution < -0.4 is 11.7 Å². The van der Waals surface area contributed by atoms with Gasteiger partial charge in [0.15, 0.2) is 11.6 Å². The Morgan fingerprint density at radius 2 is 1.40 bits per heavy atom. The van der Waals surface area contributed by atoms with Crippen LogP contribution in [0.25, 0.3) is 11.4 Å². The maximum Gasteiger partial charge on any atom is 0.233 e. The van der Waals surface area contributed by atoms with Crippen molar-refractivity contribution in [3.05, 3.63) is 35.7 Å². The van der Waals surface area contributed by atoms with E-state index in [1.165, 1.54) is 28.2 Å². The number of carbonyl (C=O) groups is 2. The van der Waals surface area contributed by atoms with Crippen molar-refractivity contribution in [1.29, 1.82) is 0 Å². The topological polar surface area (TPSA) is 154 Å². The van der Waals surface area contributed by atoms with Crippen molar-refractivity contribution in [3.63, 3.8) is 0 Å². The van der Waals surface area contributed by atoms with Crippen molar-refractivity contribution in [2.24, 2.45) is 11.8 Å². The Bertz CT molecular complexity index is 1430. The molecule has 1 unspecified atom stereocenters. The van der Waals surface area contributed by atoms with Crippen LogP contribution in [0.15, 0.2) is 34.6 Å². The first-order valence-corrected chi connectivity index (χ1v) is 17.1. The van der Waals surface area contributed by atoms with Crippen LogP contribution >= 0.6 is 23.5 Å². The summed E-state index contributed by atoms with van der Waals surface area (Å²) in [5, 5.41) is 18.3. The number of likely N-dealkylation sites (tertiary alicyclic amines) is 2. The van der Waals surface area contributed by atoms with Crippen LogP contribution in [0.3, 0.4) is 0 Å². The molecule has 2 saturated heterocycles. The Balaban J connectivity index is 0.950. The summed E-state index contributed by atoms with van der Waals surface area (Å²) in [5.74, 6) is 16.3. The first-order valence-electron chi connectivity index (χ1n) is 15.2. The van der Waals surface area contributed by atoms with Crippen molar-refractivity contribution in [3.8, 4) is 11.4 Å². The van der Waals surface area contributed by atoms with Crippen molar-refractivity contribution < 1.29 is 9.59 Å². The zero-order chi connectivity index (χ0) is 29.9. The summed E-state index contributed by atoms with van der Waals surface area (Å²) in [6.07, 6.45) is 7.40. The van der Waals surface area contributed by atoms with Crippen molar-refractivity contribution in [2.45, 2.75) is 68.1 Å². The lowest BCUT2D eigenvalue weighted by Gasteiger charge is -2.31. The van der Waals surface area contributed by atoms with Crippen molar-refractivity contribution in [1.82, 2.24) is 39.5 Å². The third kappa shape index (κ3) is 6.64. The lowest BCUT2D eigenvalue weighted by Crippen LogP contribution is -2.32. The molecule has 0 spiro atoms. The predicted octanol–water partition coefficient (Wildman–Crippen LogP) is 2.90. The fourth-order valence-electron chi connectivity index (χ4n) is 6.59. The molecule has 4 heterocycles. The van der Waals surface area contributed by atoms with Gasteiger partial charge in [0.2, 0.25) is 22.1 Å². The van der Waals surface area contributed by atoms with Gasteiger partial charge in [-0.05, 0) is 63.7 Å². The molecule has 6 rings (SSSR count). The number of carbonyl (C=O) groups excluding carboxylic acids is 2. The fourth-order valence-corrected chi connectivity index (χ4v) is 8.11. The molecular weight excluding hydrogens is 585 g/mol. The molecule has 2 aliphatic heterocycles. The SMILES string of the molecule is Cc1ccc(-c2nnc(SCC(=O)N3CCC(C4CCC(c5nnc(SCC(=O)N6CCCC6)n5N)CC4)C3)n2N)cc1. The number of hydrogen-bond acceptors (Lipinski definition) is 10. The molecule has 1 aliphatic carbocycles. The van der Waals surface area contributed by atoms with Crippen LogP contribution in [-0.2, 0) is 9.59 Å². The third-order valence-corrected chi connectivity index (χ3v) is 11.0. The van der Waals surface area contributed by atoms with Gasteiger partial charge in [0.1, 0.15) is 0 Å². The van der Waals surface area contributed by atoms with E-state index in [1.807, 2.05) is 41.0 Å². The molecule has 3 aliphatic rings. The highest BCUT2D eigenvalue weighted by Crippen LogP contribution is 2.41. The van der Waals surface area contributed by atoms with Gasteiger partial charge < -0.3 is 21.5 Å². The van der Waals surface area contributed by atoms with Gasteiger partial charge in [-0.15, -0.1) is 20.4 Å². The van der Waals surface area contributed by atoms with Gasteiger partial charge in [-0.25, -0.2) is 9.35 Å². The van der Waals surface area contributed by atoms with Gasteiger partial charge in [0.05, 0.1) is 11.5 Å². The fraction of sp³-hybridized carbons (Fsp3) is 0.586. The average Bonchev–Trinajstić information content (AvgIpc) is 3.84. The lowest BCUT2D eigenvalue weighted by atomic mass is 9.75. The first-order chi connectivity index (χ1) is 20.9. The highest BCUT2D eigenvalue weighted by Gasteiger charge is 2.36. The second-order valence-electron chi connectivity index (χ2n) is 11.9. The second kappa shape index (κ2) is 13.2. The number of rotatable bonds is 9. The van der Waals surface area contributed by atoms with Crippen molar-refractivity contribution in [2.75, 3.05) is 49.4 Å². The van der Waals surface area contributed by atoms with E-state index in [2.05, 4.69) is 20.4 Å². The molecule has 1 atom stereocenters. The molecule has 12 nitrogen and oxygen atoms in total. The number of amides is 2. The molecule has 0 radical (unpaired) electrons. The Morgan fingerprint density at radius 3 is 2.09 bits per heavy atom. The normalized spacial score (nSPS) is 22.4. The molecule has 1 aromatic carbocycles. The van der Waals surface area contributed by atoms with E-state index in [-0.39, 0.29) is 17.7 Å². The molecular formula is C29H40N10O2S2. The quantitative estimate of drug-likeness (QED) is 0.268. The van der Waals surface area contributed by atoms with Gasteiger partial charge in [-0.2, -0.15) is 0 Å². The lowest BCUT2D eigenvalue weighted by molar-refractivity contribution is -0.128. The first kappa shape index (κ1) is 29.8. The number of nitrogen functional groups attached to an aromatic ring is 2. The molecule has 0 bridgehead atoms. The number of nitrogens with zero attached hydrogens (tertiary/aromatic N) is 8. The minimum Gasteiger partial charge on any atom is -0.342 e. The smallest absolute Gasteiger partial charge is 0.233 e. The van der Waals surface area contributed by atoms with Gasteiger partial charge in [0, 0.05) is 37.7 Å². The van der Waals surface area contributed by atoms with Crippen LogP contribution in [0.4, 0.5) is 0 Å². The van der Waals surface area contributed by atoms with E-state index < -0.39 is 0 Å². The molecule has 3 aromatic rings. The maximum atomic E-state index is 13.1. The van der Waals surface area contributed by atoms with E-state index >= 15 is 0 Å². The van der Waals surface area contributed by atoms with E-state index in [0.717, 1.165) is 88.1 Å². The summed E-state index contributed by atoms with van der Waals surface area (Å²) in [6.45, 7) is 5.33. The molecule has 43 heavy (non-hydrogen) atoms. The summed E-state index contributed by atoms with van der Waals surface area (Å²) >= 11 is 2.71. The van der Waals surface area contributed by atoms with E-state index in [0.29, 0.717) is 39.5 Å². The number of benzene rings is 1. The van der Waals surface area contributed by atoms with Crippen LogP contribution in [0.2, 0.25) is 0 Å². The number of nitrogens with two attached hydrogens (primary N) is 2. The Labute approximate surface area is 260 Å². The van der Waals surface area contributed by atoms with Crippen molar-refractivity contribution >= 4 is 35.3 Å². The molecule has 2 aromatic heterocycles. The number of thioether (sulfide) groups is 2. The highest BCUT2D eigenvalue weighted by molar-refractivity contribution is 8.00. The summed E-state index contributed by atoms with van der Waals surface area (Å²) in [7, 11) is 0. The summed E-state index contributed by atoms with van der Waals surface area (Å²) in [5.41, 5.74) is 2.06. The minimum atomic E-state index is 0.116. The molecule has 230 valence electrons. The number of aryl methyl sites for hydroxylation is 1. The average molecular weight is 625 g/mol.